The van der Waals surface area contributed by atoms with E-state index in [2.05, 4.69) is 34.6 Å². The molecule has 1 saturated carbocycles. The highest BCUT2D eigenvalue weighted by molar-refractivity contribution is 5.02. The fourth-order valence-electron chi connectivity index (χ4n) is 2.29. The van der Waals surface area contributed by atoms with Gasteiger partial charge < -0.3 is 0 Å². The summed E-state index contributed by atoms with van der Waals surface area (Å²) in [6.07, 6.45) is 4.23. The maximum absolute atomic E-state index is 2.46. The third-order valence-electron chi connectivity index (χ3n) is 4.59. The Kier molecular flexibility index (Phi) is 2.85. The monoisotopic (exact) mass is 168 g/mol. The second-order valence-electron chi connectivity index (χ2n) is 5.14. The molecule has 1 fully saturated rings. The van der Waals surface area contributed by atoms with Gasteiger partial charge in [-0.2, -0.15) is 0 Å². The van der Waals surface area contributed by atoms with Crippen molar-refractivity contribution in [3.8, 4) is 0 Å². The molecule has 0 bridgehead atoms. The fraction of sp³-hybridized carbons (Fsp3) is 1.00. The summed E-state index contributed by atoms with van der Waals surface area (Å²) in [6.45, 7) is 11.9. The van der Waals surface area contributed by atoms with Crippen molar-refractivity contribution in [3.63, 3.8) is 0 Å². The highest BCUT2D eigenvalue weighted by Gasteiger charge is 2.54. The van der Waals surface area contributed by atoms with Crippen LogP contribution in [0.25, 0.3) is 0 Å². The quantitative estimate of drug-likeness (QED) is 0.592. The molecule has 0 aromatic heterocycles. The van der Waals surface area contributed by atoms with Crippen molar-refractivity contribution in [2.45, 2.75) is 53.9 Å². The summed E-state index contributed by atoms with van der Waals surface area (Å²) in [6, 6.07) is 0. The second kappa shape index (κ2) is 3.40. The van der Waals surface area contributed by atoms with E-state index in [1.807, 2.05) is 0 Å². The lowest BCUT2D eigenvalue weighted by Gasteiger charge is -2.14. The average molecular weight is 168 g/mol. The van der Waals surface area contributed by atoms with Gasteiger partial charge in [-0.15, -0.1) is 0 Å². The van der Waals surface area contributed by atoms with Crippen LogP contribution in [0.4, 0.5) is 0 Å². The first kappa shape index (κ1) is 10.1. The zero-order valence-corrected chi connectivity index (χ0v) is 9.35. The maximum Gasteiger partial charge on any atom is -0.0269 e. The topological polar surface area (TPSA) is 0 Å². The van der Waals surface area contributed by atoms with Crippen LogP contribution in [0.3, 0.4) is 0 Å². The Morgan fingerprint density at radius 1 is 1.25 bits per heavy atom. The van der Waals surface area contributed by atoms with E-state index in [0.717, 1.165) is 17.8 Å². The molecule has 1 rings (SSSR count). The Bertz CT molecular complexity index is 140. The van der Waals surface area contributed by atoms with E-state index in [-0.39, 0.29) is 0 Å². The van der Waals surface area contributed by atoms with Crippen LogP contribution in [0.15, 0.2) is 0 Å². The zero-order valence-electron chi connectivity index (χ0n) is 9.35. The Morgan fingerprint density at radius 2 is 1.75 bits per heavy atom. The summed E-state index contributed by atoms with van der Waals surface area (Å²) in [5, 5.41) is 0. The van der Waals surface area contributed by atoms with Crippen molar-refractivity contribution in [2.75, 3.05) is 0 Å². The van der Waals surface area contributed by atoms with E-state index in [1.165, 1.54) is 19.3 Å². The number of hydrogen-bond donors (Lipinski definition) is 0. The summed E-state index contributed by atoms with van der Waals surface area (Å²) < 4.78 is 0. The molecule has 0 spiro atoms. The summed E-state index contributed by atoms with van der Waals surface area (Å²) in [5.74, 6) is 2.88. The largest absolute Gasteiger partial charge is 0.0651 e. The standard InChI is InChI=1S/C12H24/c1-6-9(2)7-8-12(5)10(3)11(12)4/h9-11H,6-8H2,1-5H3. The van der Waals surface area contributed by atoms with Crippen molar-refractivity contribution < 1.29 is 0 Å². The minimum absolute atomic E-state index is 0.698. The minimum atomic E-state index is 0.698. The molecule has 0 amide bonds. The predicted molar refractivity (Wildman–Crippen MR) is 55.1 cm³/mol. The molecule has 0 aromatic rings. The third-order valence-corrected chi connectivity index (χ3v) is 4.59. The zero-order chi connectivity index (χ0) is 9.35. The Morgan fingerprint density at radius 3 is 2.08 bits per heavy atom. The van der Waals surface area contributed by atoms with Gasteiger partial charge in [0.25, 0.3) is 0 Å². The normalized spacial score (nSPS) is 42.8. The van der Waals surface area contributed by atoms with Crippen molar-refractivity contribution in [1.82, 2.24) is 0 Å². The van der Waals surface area contributed by atoms with Crippen molar-refractivity contribution >= 4 is 0 Å². The summed E-state index contributed by atoms with van der Waals surface area (Å²) in [4.78, 5) is 0. The smallest absolute Gasteiger partial charge is 0.0269 e. The molecule has 0 nitrogen and oxygen atoms in total. The van der Waals surface area contributed by atoms with Gasteiger partial charge in [0.1, 0.15) is 0 Å². The summed E-state index contributed by atoms with van der Waals surface area (Å²) in [5.41, 5.74) is 0.698. The van der Waals surface area contributed by atoms with Gasteiger partial charge in [-0.05, 0) is 29.6 Å². The third kappa shape index (κ3) is 1.67. The second-order valence-corrected chi connectivity index (χ2v) is 5.14. The highest BCUT2D eigenvalue weighted by Crippen LogP contribution is 2.61. The molecule has 72 valence electrons. The van der Waals surface area contributed by atoms with Crippen LogP contribution in [-0.2, 0) is 0 Å². The molecule has 0 radical (unpaired) electrons. The van der Waals surface area contributed by atoms with E-state index in [0.29, 0.717) is 5.41 Å². The van der Waals surface area contributed by atoms with E-state index in [1.54, 1.807) is 0 Å². The van der Waals surface area contributed by atoms with E-state index >= 15 is 0 Å². The van der Waals surface area contributed by atoms with Gasteiger partial charge in [-0.25, -0.2) is 0 Å². The summed E-state index contributed by atoms with van der Waals surface area (Å²) in [7, 11) is 0. The SMILES string of the molecule is CCC(C)CCC1(C)C(C)C1C. The average Bonchev–Trinajstić information content (AvgIpc) is 2.53. The van der Waals surface area contributed by atoms with Crippen molar-refractivity contribution in [1.29, 1.82) is 0 Å². The van der Waals surface area contributed by atoms with Gasteiger partial charge in [-0.1, -0.05) is 47.5 Å². The minimum Gasteiger partial charge on any atom is -0.0651 e. The van der Waals surface area contributed by atoms with Gasteiger partial charge in [0, 0.05) is 0 Å². The van der Waals surface area contributed by atoms with Crippen molar-refractivity contribution in [2.24, 2.45) is 23.2 Å². The molecular weight excluding hydrogens is 144 g/mol. The van der Waals surface area contributed by atoms with Crippen LogP contribution in [-0.4, -0.2) is 0 Å². The van der Waals surface area contributed by atoms with Crippen LogP contribution in [0, 0.1) is 23.2 Å². The molecule has 0 N–H and O–H groups in total. The molecule has 1 aliphatic carbocycles. The molecule has 0 saturated heterocycles. The molecule has 3 unspecified atom stereocenters. The molecular formula is C12H24. The van der Waals surface area contributed by atoms with E-state index < -0.39 is 0 Å². The molecule has 0 heterocycles. The molecule has 0 aliphatic heterocycles. The molecule has 0 aromatic carbocycles. The summed E-state index contributed by atoms with van der Waals surface area (Å²) >= 11 is 0. The van der Waals surface area contributed by atoms with Gasteiger partial charge >= 0.3 is 0 Å². The Labute approximate surface area is 77.7 Å². The number of hydrogen-bond acceptors (Lipinski definition) is 0. The van der Waals surface area contributed by atoms with E-state index in [9.17, 15) is 0 Å². The van der Waals surface area contributed by atoms with Crippen LogP contribution in [0.2, 0.25) is 0 Å². The highest BCUT2D eigenvalue weighted by atomic mass is 14.6. The lowest BCUT2D eigenvalue weighted by atomic mass is 9.92. The van der Waals surface area contributed by atoms with Gasteiger partial charge in [0.05, 0.1) is 0 Å². The van der Waals surface area contributed by atoms with Gasteiger partial charge in [0.15, 0.2) is 0 Å². The van der Waals surface area contributed by atoms with Crippen LogP contribution < -0.4 is 0 Å². The first-order chi connectivity index (χ1) is 5.52. The lowest BCUT2D eigenvalue weighted by molar-refractivity contribution is 0.377. The Balaban J connectivity index is 2.25. The maximum atomic E-state index is 2.46. The molecule has 12 heavy (non-hydrogen) atoms. The van der Waals surface area contributed by atoms with E-state index in [4.69, 9.17) is 0 Å². The first-order valence-electron chi connectivity index (χ1n) is 5.52. The Hall–Kier alpha value is 0. The molecule has 1 aliphatic rings. The predicted octanol–water partition coefficient (Wildman–Crippen LogP) is 4.10. The van der Waals surface area contributed by atoms with Crippen LogP contribution in [0.5, 0.6) is 0 Å². The van der Waals surface area contributed by atoms with Crippen molar-refractivity contribution in [3.05, 3.63) is 0 Å². The fourth-order valence-corrected chi connectivity index (χ4v) is 2.29. The lowest BCUT2D eigenvalue weighted by Crippen LogP contribution is -2.02. The van der Waals surface area contributed by atoms with Gasteiger partial charge in [-0.3, -0.25) is 0 Å². The first-order valence-corrected chi connectivity index (χ1v) is 5.52. The van der Waals surface area contributed by atoms with Gasteiger partial charge in [0.2, 0.25) is 0 Å². The molecule has 0 heteroatoms. The number of rotatable bonds is 4. The van der Waals surface area contributed by atoms with Crippen LogP contribution in [0.1, 0.15) is 53.9 Å². The van der Waals surface area contributed by atoms with Crippen LogP contribution >= 0.6 is 0 Å². The molecule has 3 atom stereocenters.